The van der Waals surface area contributed by atoms with Crippen LogP contribution in [0.5, 0.6) is 0 Å². The first kappa shape index (κ1) is 17.3. The predicted molar refractivity (Wildman–Crippen MR) is 89.2 cm³/mol. The van der Waals surface area contributed by atoms with Crippen LogP contribution in [-0.2, 0) is 4.74 Å². The number of carbonyl (C=O) groups excluding carboxylic acids is 3. The van der Waals surface area contributed by atoms with Crippen molar-refractivity contribution >= 4 is 23.3 Å². The highest BCUT2D eigenvalue weighted by Crippen LogP contribution is 2.15. The molecule has 0 aliphatic rings. The third-order valence-electron chi connectivity index (χ3n) is 2.90. The summed E-state index contributed by atoms with van der Waals surface area (Å²) in [6.45, 7) is 5.25. The van der Waals surface area contributed by atoms with Gasteiger partial charge < -0.3 is 4.74 Å². The fourth-order valence-electron chi connectivity index (χ4n) is 1.92. The summed E-state index contributed by atoms with van der Waals surface area (Å²) in [5, 5.41) is 2.54. The Morgan fingerprint density at radius 2 is 1.67 bits per heavy atom. The molecule has 1 amide bonds. The van der Waals surface area contributed by atoms with Gasteiger partial charge in [0.1, 0.15) is 5.60 Å². The molecule has 0 radical (unpaired) electrons. The molecule has 0 aliphatic carbocycles. The second kappa shape index (κ2) is 7.04. The third kappa shape index (κ3) is 4.74. The molecular weight excluding hydrogens is 308 g/mol. The highest BCUT2D eigenvalue weighted by Gasteiger charge is 2.20. The van der Waals surface area contributed by atoms with Gasteiger partial charge in [0.2, 0.25) is 11.6 Å². The summed E-state index contributed by atoms with van der Waals surface area (Å²) in [6, 6.07) is 9.24. The number of rotatable bonds is 4. The Kier molecular flexibility index (Phi) is 5.08. The van der Waals surface area contributed by atoms with Crippen molar-refractivity contribution in [1.82, 2.24) is 4.98 Å². The molecular formula is C18H18N2O4. The Morgan fingerprint density at radius 3 is 2.29 bits per heavy atom. The van der Waals surface area contributed by atoms with Gasteiger partial charge in [-0.25, -0.2) is 4.79 Å². The average molecular weight is 326 g/mol. The lowest BCUT2D eigenvalue weighted by atomic mass is 10.0. The molecule has 124 valence electrons. The van der Waals surface area contributed by atoms with Gasteiger partial charge in [0.05, 0.1) is 0 Å². The normalized spacial score (nSPS) is 10.8. The zero-order chi connectivity index (χ0) is 17.7. The van der Waals surface area contributed by atoms with E-state index in [1.807, 2.05) is 0 Å². The van der Waals surface area contributed by atoms with Crippen LogP contribution in [0.25, 0.3) is 0 Å². The van der Waals surface area contributed by atoms with Gasteiger partial charge in [0, 0.05) is 29.2 Å². The number of nitrogens with one attached hydrogen (secondary N) is 1. The van der Waals surface area contributed by atoms with E-state index >= 15 is 0 Å². The second-order valence-corrected chi connectivity index (χ2v) is 6.11. The van der Waals surface area contributed by atoms with Crippen LogP contribution < -0.4 is 5.32 Å². The monoisotopic (exact) mass is 326 g/mol. The van der Waals surface area contributed by atoms with E-state index in [-0.39, 0.29) is 11.1 Å². The van der Waals surface area contributed by atoms with Crippen molar-refractivity contribution in [3.05, 3.63) is 59.9 Å². The molecule has 0 saturated heterocycles. The van der Waals surface area contributed by atoms with Gasteiger partial charge >= 0.3 is 6.09 Å². The molecule has 0 spiro atoms. The van der Waals surface area contributed by atoms with Gasteiger partial charge in [-0.1, -0.05) is 12.1 Å². The Morgan fingerprint density at radius 1 is 1.00 bits per heavy atom. The lowest BCUT2D eigenvalue weighted by Crippen LogP contribution is -2.27. The average Bonchev–Trinajstić information content (AvgIpc) is 2.52. The van der Waals surface area contributed by atoms with Gasteiger partial charge in [-0.3, -0.25) is 19.9 Å². The Bertz CT molecular complexity index is 764. The van der Waals surface area contributed by atoms with Gasteiger partial charge in [0.25, 0.3) is 0 Å². The van der Waals surface area contributed by atoms with E-state index in [1.54, 1.807) is 39.0 Å². The fourth-order valence-corrected chi connectivity index (χ4v) is 1.92. The molecule has 1 N–H and O–H groups in total. The standard InChI is InChI=1S/C18H18N2O4/c1-18(2,3)24-17(23)20-14-8-4-6-12(10-14)15(21)16(22)13-7-5-9-19-11-13/h4-11H,1-3H3,(H,20,23). The lowest BCUT2D eigenvalue weighted by molar-refractivity contribution is 0.0635. The molecule has 0 bridgehead atoms. The van der Waals surface area contributed by atoms with Crippen LogP contribution in [0, 0.1) is 0 Å². The number of anilines is 1. The van der Waals surface area contributed by atoms with Crippen molar-refractivity contribution in [3.63, 3.8) is 0 Å². The number of nitrogens with zero attached hydrogens (tertiary/aromatic N) is 1. The van der Waals surface area contributed by atoms with E-state index in [4.69, 9.17) is 4.74 Å². The van der Waals surface area contributed by atoms with E-state index in [1.165, 1.54) is 30.6 Å². The predicted octanol–water partition coefficient (Wildman–Crippen LogP) is 3.49. The van der Waals surface area contributed by atoms with E-state index in [0.29, 0.717) is 5.69 Å². The Balaban J connectivity index is 2.14. The Labute approximate surface area is 139 Å². The first-order chi connectivity index (χ1) is 11.3. The summed E-state index contributed by atoms with van der Waals surface area (Å²) in [7, 11) is 0. The smallest absolute Gasteiger partial charge is 0.412 e. The molecule has 0 saturated carbocycles. The molecule has 0 fully saturated rings. The summed E-state index contributed by atoms with van der Waals surface area (Å²) in [4.78, 5) is 40.1. The molecule has 1 aromatic heterocycles. The van der Waals surface area contributed by atoms with Gasteiger partial charge in [-0.2, -0.15) is 0 Å². The van der Waals surface area contributed by atoms with Crippen molar-refractivity contribution in [1.29, 1.82) is 0 Å². The van der Waals surface area contributed by atoms with Crippen LogP contribution >= 0.6 is 0 Å². The molecule has 0 unspecified atom stereocenters. The number of ketones is 2. The first-order valence-electron chi connectivity index (χ1n) is 7.35. The quantitative estimate of drug-likeness (QED) is 0.686. The minimum absolute atomic E-state index is 0.178. The number of carbonyl (C=O) groups is 3. The number of Topliss-reactive ketones (excluding diaryl/α,β-unsaturated/α-hetero) is 2. The number of hydrogen-bond acceptors (Lipinski definition) is 5. The van der Waals surface area contributed by atoms with Crippen LogP contribution in [0.1, 0.15) is 41.5 Å². The first-order valence-corrected chi connectivity index (χ1v) is 7.35. The molecule has 1 heterocycles. The second-order valence-electron chi connectivity index (χ2n) is 6.11. The van der Waals surface area contributed by atoms with Gasteiger partial charge in [-0.05, 0) is 45.0 Å². The highest BCUT2D eigenvalue weighted by atomic mass is 16.6. The van der Waals surface area contributed by atoms with E-state index in [2.05, 4.69) is 10.3 Å². The number of hydrogen-bond donors (Lipinski definition) is 1. The van der Waals surface area contributed by atoms with Gasteiger partial charge in [-0.15, -0.1) is 0 Å². The van der Waals surface area contributed by atoms with Crippen molar-refractivity contribution < 1.29 is 19.1 Å². The summed E-state index contributed by atoms with van der Waals surface area (Å²) in [5.74, 6) is -1.33. The van der Waals surface area contributed by atoms with Crippen LogP contribution in [0.15, 0.2) is 48.8 Å². The summed E-state index contributed by atoms with van der Waals surface area (Å²) in [6.07, 6.45) is 2.22. The number of aromatic nitrogens is 1. The molecule has 0 atom stereocenters. The molecule has 6 nitrogen and oxygen atoms in total. The number of amides is 1. The maximum Gasteiger partial charge on any atom is 0.412 e. The zero-order valence-electron chi connectivity index (χ0n) is 13.7. The molecule has 6 heteroatoms. The number of benzene rings is 1. The van der Waals surface area contributed by atoms with Crippen LogP contribution in [0.4, 0.5) is 10.5 Å². The maximum absolute atomic E-state index is 12.3. The van der Waals surface area contributed by atoms with Crippen molar-refractivity contribution in [2.24, 2.45) is 0 Å². The van der Waals surface area contributed by atoms with E-state index < -0.39 is 23.3 Å². The van der Waals surface area contributed by atoms with E-state index in [9.17, 15) is 14.4 Å². The highest BCUT2D eigenvalue weighted by molar-refractivity contribution is 6.49. The Hall–Kier alpha value is -3.02. The van der Waals surface area contributed by atoms with Crippen molar-refractivity contribution in [3.8, 4) is 0 Å². The molecule has 2 rings (SSSR count). The molecule has 2 aromatic rings. The van der Waals surface area contributed by atoms with Crippen LogP contribution in [0.2, 0.25) is 0 Å². The number of pyridine rings is 1. The largest absolute Gasteiger partial charge is 0.444 e. The summed E-state index contributed by atoms with van der Waals surface area (Å²) < 4.78 is 5.15. The SMILES string of the molecule is CC(C)(C)OC(=O)Nc1cccc(C(=O)C(=O)c2cccnc2)c1. The summed E-state index contributed by atoms with van der Waals surface area (Å²) >= 11 is 0. The number of ether oxygens (including phenoxy) is 1. The third-order valence-corrected chi connectivity index (χ3v) is 2.90. The zero-order valence-corrected chi connectivity index (χ0v) is 13.7. The van der Waals surface area contributed by atoms with Gasteiger partial charge in [0.15, 0.2) is 0 Å². The molecule has 1 aromatic carbocycles. The topological polar surface area (TPSA) is 85.4 Å². The lowest BCUT2D eigenvalue weighted by Gasteiger charge is -2.19. The minimum atomic E-state index is -0.671. The molecule has 24 heavy (non-hydrogen) atoms. The fraction of sp³-hybridized carbons (Fsp3) is 0.222. The summed E-state index contributed by atoms with van der Waals surface area (Å²) in [5.41, 5.74) is 0.132. The van der Waals surface area contributed by atoms with E-state index in [0.717, 1.165) is 0 Å². The van der Waals surface area contributed by atoms with Crippen molar-refractivity contribution in [2.45, 2.75) is 26.4 Å². The van der Waals surface area contributed by atoms with Crippen molar-refractivity contribution in [2.75, 3.05) is 5.32 Å². The molecule has 0 aliphatic heterocycles. The van der Waals surface area contributed by atoms with Crippen LogP contribution in [-0.4, -0.2) is 28.2 Å². The maximum atomic E-state index is 12.3. The minimum Gasteiger partial charge on any atom is -0.444 e. The van der Waals surface area contributed by atoms with Crippen LogP contribution in [0.3, 0.4) is 0 Å².